The third-order valence-corrected chi connectivity index (χ3v) is 3.24. The van der Waals surface area contributed by atoms with E-state index in [-0.39, 0.29) is 0 Å². The van der Waals surface area contributed by atoms with E-state index in [0.717, 1.165) is 38.5 Å². The molecule has 0 unspecified atom stereocenters. The van der Waals surface area contributed by atoms with Crippen molar-refractivity contribution in [3.8, 4) is 0 Å². The fourth-order valence-corrected chi connectivity index (χ4v) is 2.18. The minimum atomic E-state index is -0.917. The van der Waals surface area contributed by atoms with E-state index in [1.807, 2.05) is 0 Å². The second-order valence-corrected chi connectivity index (χ2v) is 4.79. The molecule has 5 N–H and O–H groups in total. The second kappa shape index (κ2) is 7.27. The number of carboxylic acids is 1. The number of hydrogen-bond acceptors (Lipinski definition) is 3. The van der Waals surface area contributed by atoms with Crippen molar-refractivity contribution in [2.24, 2.45) is 5.73 Å². The zero-order valence-electron chi connectivity index (χ0n) is 10.2. The lowest BCUT2D eigenvalue weighted by atomic mass is 10.0. The van der Waals surface area contributed by atoms with Gasteiger partial charge >= 0.3 is 5.97 Å². The fourth-order valence-electron chi connectivity index (χ4n) is 2.18. The molecular weight excluding hydrogens is 218 g/mol. The van der Waals surface area contributed by atoms with Gasteiger partial charge in [0.2, 0.25) is 0 Å². The lowest BCUT2D eigenvalue weighted by Gasteiger charge is -2.17. The molecule has 17 heavy (non-hydrogen) atoms. The van der Waals surface area contributed by atoms with Gasteiger partial charge in [-0.05, 0) is 25.7 Å². The maximum absolute atomic E-state index is 10.5. The number of amidine groups is 1. The molecule has 1 aliphatic heterocycles. The summed E-state index contributed by atoms with van der Waals surface area (Å²) in [6, 6.07) is -0.332. The van der Waals surface area contributed by atoms with Crippen molar-refractivity contribution in [2.75, 3.05) is 0 Å². The standard InChI is InChI=1S/C12H23N3O2/c13-10(12(16)17)7-3-1-5-9-6-2-4-8-11(14)15-9/h9-10H,1-8,13H2,(H2,14,15)(H,16,17)/t9-,10-/m1/s1. The summed E-state index contributed by atoms with van der Waals surface area (Å²) in [6.45, 7) is 0. The molecule has 0 aromatic heterocycles. The molecule has 1 aliphatic rings. The van der Waals surface area contributed by atoms with Gasteiger partial charge in [-0.3, -0.25) is 10.2 Å². The van der Waals surface area contributed by atoms with Crippen LogP contribution in [0.4, 0.5) is 0 Å². The van der Waals surface area contributed by atoms with Gasteiger partial charge in [0, 0.05) is 12.5 Å². The van der Waals surface area contributed by atoms with Crippen LogP contribution in [-0.4, -0.2) is 29.0 Å². The predicted octanol–water partition coefficient (Wildman–Crippen LogP) is 1.47. The Morgan fingerprint density at radius 2 is 2.29 bits per heavy atom. The summed E-state index contributed by atoms with van der Waals surface area (Å²) in [4.78, 5) is 10.5. The van der Waals surface area contributed by atoms with E-state index in [1.54, 1.807) is 0 Å². The molecule has 0 aliphatic carbocycles. The van der Waals surface area contributed by atoms with E-state index in [1.165, 1.54) is 6.42 Å². The van der Waals surface area contributed by atoms with Crippen LogP contribution in [0.15, 0.2) is 0 Å². The highest BCUT2D eigenvalue weighted by molar-refractivity contribution is 5.79. The minimum Gasteiger partial charge on any atom is -0.480 e. The summed E-state index contributed by atoms with van der Waals surface area (Å²) in [5.41, 5.74) is 5.43. The summed E-state index contributed by atoms with van der Waals surface area (Å²) < 4.78 is 0. The van der Waals surface area contributed by atoms with Crippen LogP contribution < -0.4 is 11.1 Å². The Kier molecular flexibility index (Phi) is 5.97. The number of carboxylic acid groups (broad SMARTS) is 1. The van der Waals surface area contributed by atoms with E-state index >= 15 is 0 Å². The van der Waals surface area contributed by atoms with Crippen LogP contribution in [0.5, 0.6) is 0 Å². The summed E-state index contributed by atoms with van der Waals surface area (Å²) >= 11 is 0. The molecule has 0 bridgehead atoms. The van der Waals surface area contributed by atoms with Crippen molar-refractivity contribution in [3.05, 3.63) is 0 Å². The minimum absolute atomic E-state index is 0.394. The lowest BCUT2D eigenvalue weighted by Crippen LogP contribution is -2.32. The Hall–Kier alpha value is -1.10. The SMILES string of the molecule is N=C1CCCC[C@@H](CCCC[C@@H](N)C(=O)O)N1. The highest BCUT2D eigenvalue weighted by Crippen LogP contribution is 2.15. The van der Waals surface area contributed by atoms with Gasteiger partial charge in [-0.25, -0.2) is 0 Å². The Morgan fingerprint density at radius 3 is 3.00 bits per heavy atom. The monoisotopic (exact) mass is 241 g/mol. The molecule has 1 rings (SSSR count). The van der Waals surface area contributed by atoms with Crippen molar-refractivity contribution >= 4 is 11.8 Å². The molecule has 2 atom stereocenters. The largest absolute Gasteiger partial charge is 0.480 e. The number of nitrogens with two attached hydrogens (primary N) is 1. The Balaban J connectivity index is 2.13. The van der Waals surface area contributed by atoms with Gasteiger partial charge in [0.1, 0.15) is 6.04 Å². The summed E-state index contributed by atoms with van der Waals surface area (Å²) in [5.74, 6) is -0.269. The number of aliphatic carboxylic acids is 1. The Morgan fingerprint density at radius 1 is 1.53 bits per heavy atom. The average Bonchev–Trinajstić information content (AvgIpc) is 2.48. The summed E-state index contributed by atoms with van der Waals surface area (Å²) in [5, 5.41) is 19.5. The van der Waals surface area contributed by atoms with Gasteiger partial charge in [-0.15, -0.1) is 0 Å². The predicted molar refractivity (Wildman–Crippen MR) is 67.2 cm³/mol. The van der Waals surface area contributed by atoms with Gasteiger partial charge in [0.05, 0.1) is 5.84 Å². The van der Waals surface area contributed by atoms with Crippen LogP contribution in [0.25, 0.3) is 0 Å². The Bertz CT molecular complexity index is 268. The lowest BCUT2D eigenvalue weighted by molar-refractivity contribution is -0.138. The summed E-state index contributed by atoms with van der Waals surface area (Å²) in [7, 11) is 0. The van der Waals surface area contributed by atoms with Gasteiger partial charge < -0.3 is 16.2 Å². The molecule has 5 heteroatoms. The van der Waals surface area contributed by atoms with Crippen molar-refractivity contribution in [1.82, 2.24) is 5.32 Å². The number of rotatable bonds is 6. The number of nitrogens with one attached hydrogen (secondary N) is 2. The van der Waals surface area contributed by atoms with Crippen LogP contribution in [0.3, 0.4) is 0 Å². The first-order valence-electron chi connectivity index (χ1n) is 6.42. The first kappa shape index (κ1) is 14.0. The molecule has 1 saturated heterocycles. The van der Waals surface area contributed by atoms with Gasteiger partial charge in [0.15, 0.2) is 0 Å². The maximum Gasteiger partial charge on any atom is 0.320 e. The first-order chi connectivity index (χ1) is 8.09. The third kappa shape index (κ3) is 5.68. The topological polar surface area (TPSA) is 99.2 Å². The van der Waals surface area contributed by atoms with E-state index in [4.69, 9.17) is 16.2 Å². The van der Waals surface area contributed by atoms with Gasteiger partial charge in [0.25, 0.3) is 0 Å². The normalized spacial score (nSPS) is 22.6. The quantitative estimate of drug-likeness (QED) is 0.529. The molecule has 1 fully saturated rings. The molecule has 0 radical (unpaired) electrons. The zero-order chi connectivity index (χ0) is 12.7. The molecule has 0 saturated carbocycles. The molecule has 5 nitrogen and oxygen atoms in total. The first-order valence-corrected chi connectivity index (χ1v) is 6.42. The van der Waals surface area contributed by atoms with E-state index < -0.39 is 12.0 Å². The molecular formula is C12H23N3O2. The smallest absolute Gasteiger partial charge is 0.320 e. The second-order valence-electron chi connectivity index (χ2n) is 4.79. The third-order valence-electron chi connectivity index (χ3n) is 3.24. The van der Waals surface area contributed by atoms with Crippen molar-refractivity contribution in [1.29, 1.82) is 5.41 Å². The zero-order valence-corrected chi connectivity index (χ0v) is 10.2. The molecule has 0 aromatic rings. The number of unbranched alkanes of at least 4 members (excludes halogenated alkanes) is 1. The molecule has 0 spiro atoms. The van der Waals surface area contributed by atoms with E-state index in [2.05, 4.69) is 5.32 Å². The van der Waals surface area contributed by atoms with E-state index in [9.17, 15) is 4.79 Å². The van der Waals surface area contributed by atoms with E-state index in [0.29, 0.717) is 18.3 Å². The highest BCUT2D eigenvalue weighted by atomic mass is 16.4. The number of carbonyl (C=O) groups is 1. The van der Waals surface area contributed by atoms with Crippen LogP contribution in [-0.2, 0) is 4.79 Å². The molecule has 1 heterocycles. The molecule has 0 amide bonds. The molecule has 0 aromatic carbocycles. The van der Waals surface area contributed by atoms with Crippen molar-refractivity contribution in [2.45, 2.75) is 63.5 Å². The maximum atomic E-state index is 10.5. The fraction of sp³-hybridized carbons (Fsp3) is 0.833. The van der Waals surface area contributed by atoms with Crippen LogP contribution in [0.1, 0.15) is 51.4 Å². The van der Waals surface area contributed by atoms with Crippen molar-refractivity contribution in [3.63, 3.8) is 0 Å². The number of hydrogen-bond donors (Lipinski definition) is 4. The Labute approximate surface area is 102 Å². The highest BCUT2D eigenvalue weighted by Gasteiger charge is 2.15. The van der Waals surface area contributed by atoms with Gasteiger partial charge in [-0.1, -0.05) is 19.3 Å². The van der Waals surface area contributed by atoms with Crippen molar-refractivity contribution < 1.29 is 9.90 Å². The van der Waals surface area contributed by atoms with Crippen LogP contribution in [0.2, 0.25) is 0 Å². The summed E-state index contributed by atoms with van der Waals surface area (Å²) in [6.07, 6.45) is 7.63. The van der Waals surface area contributed by atoms with Crippen LogP contribution >= 0.6 is 0 Å². The average molecular weight is 241 g/mol. The molecule has 98 valence electrons. The van der Waals surface area contributed by atoms with Gasteiger partial charge in [-0.2, -0.15) is 0 Å². The van der Waals surface area contributed by atoms with Crippen LogP contribution in [0, 0.1) is 5.41 Å².